The van der Waals surface area contributed by atoms with Gasteiger partial charge in [-0.25, -0.2) is 9.78 Å². The summed E-state index contributed by atoms with van der Waals surface area (Å²) in [6.45, 7) is 2.30. The third kappa shape index (κ3) is 3.69. The maximum atomic E-state index is 12.4. The number of thiazole rings is 1. The van der Waals surface area contributed by atoms with Crippen LogP contribution in [0.4, 0.5) is 10.8 Å². The minimum absolute atomic E-state index is 0.0848. The van der Waals surface area contributed by atoms with Crippen molar-refractivity contribution in [2.24, 2.45) is 5.92 Å². The predicted molar refractivity (Wildman–Crippen MR) is 93.7 cm³/mol. The van der Waals surface area contributed by atoms with Gasteiger partial charge in [-0.15, -0.1) is 0 Å². The molecule has 130 valence electrons. The number of esters is 1. The molecule has 2 aromatic rings. The standard InChI is InChI=1S/C17H17N3O4S/c1-10-3-5-12(6-4-10)20-9-11(7-14(20)21)15(22)19-17-18-8-13(25-17)16(23)24-2/h3-6,8,11H,7,9H2,1-2H3,(H,18,19,22). The molecule has 0 spiro atoms. The summed E-state index contributed by atoms with van der Waals surface area (Å²) in [5.74, 6) is -1.33. The Hall–Kier alpha value is -2.74. The summed E-state index contributed by atoms with van der Waals surface area (Å²) in [5.41, 5.74) is 1.89. The van der Waals surface area contributed by atoms with Crippen molar-refractivity contribution in [3.8, 4) is 0 Å². The monoisotopic (exact) mass is 359 g/mol. The number of aromatic nitrogens is 1. The van der Waals surface area contributed by atoms with Gasteiger partial charge >= 0.3 is 5.97 Å². The van der Waals surface area contributed by atoms with E-state index >= 15 is 0 Å². The van der Waals surface area contributed by atoms with Gasteiger partial charge < -0.3 is 15.0 Å². The van der Waals surface area contributed by atoms with Crippen LogP contribution in [0.3, 0.4) is 0 Å². The van der Waals surface area contributed by atoms with E-state index in [1.807, 2.05) is 31.2 Å². The first-order valence-electron chi connectivity index (χ1n) is 7.70. The third-order valence-electron chi connectivity index (χ3n) is 3.96. The molecule has 1 fully saturated rings. The van der Waals surface area contributed by atoms with Crippen molar-refractivity contribution in [2.45, 2.75) is 13.3 Å². The number of nitrogens with one attached hydrogen (secondary N) is 1. The molecule has 0 bridgehead atoms. The minimum Gasteiger partial charge on any atom is -0.465 e. The Balaban J connectivity index is 1.65. The first kappa shape index (κ1) is 17.1. The number of amides is 2. The average molecular weight is 359 g/mol. The Morgan fingerprint density at radius 2 is 2.04 bits per heavy atom. The fourth-order valence-electron chi connectivity index (χ4n) is 2.59. The molecule has 1 atom stereocenters. The summed E-state index contributed by atoms with van der Waals surface area (Å²) in [7, 11) is 1.28. The van der Waals surface area contributed by atoms with Gasteiger partial charge in [0, 0.05) is 18.7 Å². The van der Waals surface area contributed by atoms with Crippen molar-refractivity contribution in [1.82, 2.24) is 4.98 Å². The zero-order chi connectivity index (χ0) is 18.0. The topological polar surface area (TPSA) is 88.6 Å². The normalized spacial score (nSPS) is 16.8. The number of benzene rings is 1. The van der Waals surface area contributed by atoms with Crippen molar-refractivity contribution in [3.05, 3.63) is 40.9 Å². The van der Waals surface area contributed by atoms with E-state index in [2.05, 4.69) is 15.0 Å². The van der Waals surface area contributed by atoms with Gasteiger partial charge in [-0.1, -0.05) is 29.0 Å². The van der Waals surface area contributed by atoms with Gasteiger partial charge in [0.15, 0.2) is 5.13 Å². The summed E-state index contributed by atoms with van der Waals surface area (Å²) in [5, 5.41) is 2.98. The van der Waals surface area contributed by atoms with E-state index in [-0.39, 0.29) is 18.2 Å². The van der Waals surface area contributed by atoms with Crippen LogP contribution in [0.2, 0.25) is 0 Å². The van der Waals surface area contributed by atoms with Gasteiger partial charge in [0.05, 0.1) is 19.2 Å². The molecule has 25 heavy (non-hydrogen) atoms. The van der Waals surface area contributed by atoms with Gasteiger partial charge in [-0.05, 0) is 19.1 Å². The molecular weight excluding hydrogens is 342 g/mol. The van der Waals surface area contributed by atoms with Gasteiger partial charge in [-0.3, -0.25) is 9.59 Å². The smallest absolute Gasteiger partial charge is 0.349 e. The number of anilines is 2. The molecule has 2 amide bonds. The van der Waals surface area contributed by atoms with Crippen molar-refractivity contribution in [3.63, 3.8) is 0 Å². The van der Waals surface area contributed by atoms with Crippen molar-refractivity contribution in [2.75, 3.05) is 23.9 Å². The lowest BCUT2D eigenvalue weighted by molar-refractivity contribution is -0.122. The molecule has 0 aliphatic carbocycles. The highest BCUT2D eigenvalue weighted by atomic mass is 32.1. The zero-order valence-electron chi connectivity index (χ0n) is 13.8. The maximum absolute atomic E-state index is 12.4. The Kier molecular flexibility index (Phi) is 4.80. The highest BCUT2D eigenvalue weighted by Gasteiger charge is 2.35. The number of hydrogen-bond donors (Lipinski definition) is 1. The van der Waals surface area contributed by atoms with Crippen LogP contribution in [0, 0.1) is 12.8 Å². The number of ether oxygens (including phenoxy) is 1. The Morgan fingerprint density at radius 1 is 1.32 bits per heavy atom. The SMILES string of the molecule is COC(=O)c1cnc(NC(=O)C2CC(=O)N(c3ccc(C)cc3)C2)s1. The first-order chi connectivity index (χ1) is 12.0. The number of aryl methyl sites for hydroxylation is 1. The summed E-state index contributed by atoms with van der Waals surface area (Å²) in [6.07, 6.45) is 1.50. The molecule has 3 rings (SSSR count). The quantitative estimate of drug-likeness (QED) is 0.846. The van der Waals surface area contributed by atoms with Gasteiger partial charge in [0.1, 0.15) is 4.88 Å². The first-order valence-corrected chi connectivity index (χ1v) is 8.51. The lowest BCUT2D eigenvalue weighted by Crippen LogP contribution is -2.28. The molecule has 2 heterocycles. The second kappa shape index (κ2) is 7.02. The van der Waals surface area contributed by atoms with Crippen LogP contribution in [-0.2, 0) is 14.3 Å². The minimum atomic E-state index is -0.500. The van der Waals surface area contributed by atoms with Gasteiger partial charge in [-0.2, -0.15) is 0 Å². The predicted octanol–water partition coefficient (Wildman–Crippen LogP) is 2.23. The molecule has 7 nitrogen and oxygen atoms in total. The van der Waals surface area contributed by atoms with E-state index in [1.54, 1.807) is 4.90 Å². The Morgan fingerprint density at radius 3 is 2.72 bits per heavy atom. The second-order valence-electron chi connectivity index (χ2n) is 5.75. The van der Waals surface area contributed by atoms with Crippen molar-refractivity contribution < 1.29 is 19.1 Å². The Bertz CT molecular complexity index is 816. The maximum Gasteiger partial charge on any atom is 0.349 e. The van der Waals surface area contributed by atoms with Crippen LogP contribution in [0.15, 0.2) is 30.5 Å². The average Bonchev–Trinajstić information content (AvgIpc) is 3.22. The Labute approximate surface area is 148 Å². The number of carbonyl (C=O) groups is 3. The fourth-order valence-corrected chi connectivity index (χ4v) is 3.33. The molecule has 8 heteroatoms. The van der Waals surface area contributed by atoms with Crippen molar-refractivity contribution in [1.29, 1.82) is 0 Å². The van der Waals surface area contributed by atoms with Crippen LogP contribution >= 0.6 is 11.3 Å². The summed E-state index contributed by atoms with van der Waals surface area (Å²) >= 11 is 1.04. The summed E-state index contributed by atoms with van der Waals surface area (Å²) < 4.78 is 4.61. The molecular formula is C17H17N3O4S. The van der Waals surface area contributed by atoms with E-state index in [0.717, 1.165) is 22.6 Å². The molecule has 1 aromatic carbocycles. The van der Waals surface area contributed by atoms with Gasteiger partial charge in [0.25, 0.3) is 0 Å². The highest BCUT2D eigenvalue weighted by Crippen LogP contribution is 2.27. The lowest BCUT2D eigenvalue weighted by atomic mass is 10.1. The highest BCUT2D eigenvalue weighted by molar-refractivity contribution is 7.17. The molecule has 0 radical (unpaired) electrons. The molecule has 1 saturated heterocycles. The van der Waals surface area contributed by atoms with Crippen LogP contribution in [0.5, 0.6) is 0 Å². The summed E-state index contributed by atoms with van der Waals surface area (Å²) in [4.78, 5) is 42.0. The van der Waals surface area contributed by atoms with E-state index in [1.165, 1.54) is 13.3 Å². The van der Waals surface area contributed by atoms with E-state index < -0.39 is 11.9 Å². The number of carbonyl (C=O) groups excluding carboxylic acids is 3. The van der Waals surface area contributed by atoms with Crippen LogP contribution in [-0.4, -0.2) is 36.4 Å². The van der Waals surface area contributed by atoms with Gasteiger partial charge in [0.2, 0.25) is 11.8 Å². The number of methoxy groups -OCH3 is 1. The molecule has 0 saturated carbocycles. The van der Waals surface area contributed by atoms with Crippen molar-refractivity contribution >= 4 is 39.9 Å². The zero-order valence-corrected chi connectivity index (χ0v) is 14.6. The molecule has 1 N–H and O–H groups in total. The van der Waals surface area contributed by atoms with E-state index in [0.29, 0.717) is 16.6 Å². The molecule has 1 aliphatic rings. The van der Waals surface area contributed by atoms with Crippen LogP contribution in [0.25, 0.3) is 0 Å². The number of nitrogens with zero attached hydrogens (tertiary/aromatic N) is 2. The molecule has 1 aliphatic heterocycles. The van der Waals surface area contributed by atoms with E-state index in [9.17, 15) is 14.4 Å². The summed E-state index contributed by atoms with van der Waals surface area (Å²) in [6, 6.07) is 7.60. The largest absolute Gasteiger partial charge is 0.465 e. The number of rotatable bonds is 4. The van der Waals surface area contributed by atoms with Crippen LogP contribution < -0.4 is 10.2 Å². The number of hydrogen-bond acceptors (Lipinski definition) is 6. The van der Waals surface area contributed by atoms with E-state index in [4.69, 9.17) is 0 Å². The third-order valence-corrected chi connectivity index (χ3v) is 4.86. The fraction of sp³-hybridized carbons (Fsp3) is 0.294. The van der Waals surface area contributed by atoms with Crippen LogP contribution in [0.1, 0.15) is 21.7 Å². The molecule has 1 aromatic heterocycles. The second-order valence-corrected chi connectivity index (χ2v) is 6.78. The molecule has 1 unspecified atom stereocenters. The lowest BCUT2D eigenvalue weighted by Gasteiger charge is -2.16.